The molecule has 0 atom stereocenters. The molecular formula is C20H17NO2. The molecule has 2 aromatic carbocycles. The van der Waals surface area contributed by atoms with Gasteiger partial charge in [0.15, 0.2) is 0 Å². The van der Waals surface area contributed by atoms with E-state index < -0.39 is 0 Å². The van der Waals surface area contributed by atoms with Gasteiger partial charge >= 0.3 is 0 Å². The average molecular weight is 303 g/mol. The van der Waals surface area contributed by atoms with Crippen molar-refractivity contribution >= 4 is 17.3 Å². The number of carbonyl (C=O) groups excluding carboxylic acids is 1. The Morgan fingerprint density at radius 3 is 2.48 bits per heavy atom. The Balaban J connectivity index is 1.92. The molecule has 3 nitrogen and oxygen atoms in total. The molecule has 1 aromatic heterocycles. The van der Waals surface area contributed by atoms with Crippen molar-refractivity contribution < 1.29 is 9.21 Å². The normalized spacial score (nSPS) is 13.2. The molecule has 0 fully saturated rings. The molecule has 0 bridgehead atoms. The monoisotopic (exact) mass is 303 g/mol. The predicted octanol–water partition coefficient (Wildman–Crippen LogP) is 4.73. The number of para-hydroxylation sites is 1. The Bertz CT molecular complexity index is 865. The van der Waals surface area contributed by atoms with E-state index in [-0.39, 0.29) is 5.91 Å². The fraction of sp³-hybridized carbons (Fsp3) is 0.150. The lowest BCUT2D eigenvalue weighted by Gasteiger charge is -2.24. The average Bonchev–Trinajstić information content (AvgIpc) is 3.03. The minimum absolute atomic E-state index is 0.0252. The summed E-state index contributed by atoms with van der Waals surface area (Å²) in [5.74, 6) is 0.839. The first-order valence-corrected chi connectivity index (χ1v) is 7.79. The Kier molecular flexibility index (Phi) is 3.27. The van der Waals surface area contributed by atoms with Crippen LogP contribution >= 0.6 is 0 Å². The summed E-state index contributed by atoms with van der Waals surface area (Å²) in [5.41, 5.74) is 5.32. The summed E-state index contributed by atoms with van der Waals surface area (Å²) in [6, 6.07) is 18.2. The number of carbonyl (C=O) groups is 1. The number of amides is 1. The third-order valence-corrected chi connectivity index (χ3v) is 4.34. The van der Waals surface area contributed by atoms with Crippen LogP contribution in [0, 0.1) is 0 Å². The topological polar surface area (TPSA) is 33.5 Å². The van der Waals surface area contributed by atoms with Crippen molar-refractivity contribution in [2.24, 2.45) is 0 Å². The summed E-state index contributed by atoms with van der Waals surface area (Å²) in [4.78, 5) is 14.2. The number of furan rings is 1. The summed E-state index contributed by atoms with van der Waals surface area (Å²) in [6.07, 6.45) is 3.53. The smallest absolute Gasteiger partial charge is 0.228 e. The van der Waals surface area contributed by atoms with Gasteiger partial charge in [0.25, 0.3) is 0 Å². The maximum atomic E-state index is 12.4. The molecule has 3 heteroatoms. The predicted molar refractivity (Wildman–Crippen MR) is 90.8 cm³/mol. The Morgan fingerprint density at radius 2 is 1.74 bits per heavy atom. The Hall–Kier alpha value is -2.81. The van der Waals surface area contributed by atoms with Crippen LogP contribution < -0.4 is 4.90 Å². The van der Waals surface area contributed by atoms with Crippen LogP contribution in [0.1, 0.15) is 18.1 Å². The molecule has 0 N–H and O–H groups in total. The zero-order valence-corrected chi connectivity index (χ0v) is 13.0. The van der Waals surface area contributed by atoms with Crippen LogP contribution in [0.5, 0.6) is 0 Å². The molecule has 0 spiro atoms. The van der Waals surface area contributed by atoms with Crippen LogP contribution in [-0.4, -0.2) is 5.91 Å². The molecule has 0 unspecified atom stereocenters. The van der Waals surface area contributed by atoms with Crippen LogP contribution in [0.2, 0.25) is 0 Å². The second kappa shape index (κ2) is 5.43. The van der Waals surface area contributed by atoms with Gasteiger partial charge in [-0.3, -0.25) is 9.69 Å². The molecule has 4 rings (SSSR count). The van der Waals surface area contributed by atoms with Crippen molar-refractivity contribution in [2.75, 3.05) is 4.90 Å². The van der Waals surface area contributed by atoms with E-state index in [2.05, 4.69) is 24.3 Å². The fourth-order valence-electron chi connectivity index (χ4n) is 3.26. The first-order chi connectivity index (χ1) is 11.2. The van der Waals surface area contributed by atoms with Crippen LogP contribution in [-0.2, 0) is 17.6 Å². The quantitative estimate of drug-likeness (QED) is 0.651. The van der Waals surface area contributed by atoms with Crippen molar-refractivity contribution in [3.63, 3.8) is 0 Å². The Labute approximate surface area is 135 Å². The number of hydrogen-bond donors (Lipinski definition) is 0. The number of benzene rings is 2. The molecule has 1 aliphatic rings. The number of fused-ring (bicyclic) bond motifs is 2. The maximum Gasteiger partial charge on any atom is 0.228 e. The van der Waals surface area contributed by atoms with Crippen molar-refractivity contribution in [1.29, 1.82) is 0 Å². The van der Waals surface area contributed by atoms with Gasteiger partial charge in [-0.05, 0) is 48.2 Å². The second-order valence-corrected chi connectivity index (χ2v) is 5.80. The molecule has 0 radical (unpaired) electrons. The highest BCUT2D eigenvalue weighted by Crippen LogP contribution is 2.38. The first-order valence-electron chi connectivity index (χ1n) is 7.79. The summed E-state index contributed by atoms with van der Waals surface area (Å²) in [6.45, 7) is 1.62. The van der Waals surface area contributed by atoms with Gasteiger partial charge < -0.3 is 4.42 Å². The summed E-state index contributed by atoms with van der Waals surface area (Å²) >= 11 is 0. The van der Waals surface area contributed by atoms with Crippen molar-refractivity contribution in [1.82, 2.24) is 0 Å². The van der Waals surface area contributed by atoms with Gasteiger partial charge in [0, 0.05) is 12.5 Å². The number of rotatable bonds is 1. The molecule has 1 amide bonds. The van der Waals surface area contributed by atoms with E-state index in [9.17, 15) is 4.79 Å². The Morgan fingerprint density at radius 1 is 0.957 bits per heavy atom. The van der Waals surface area contributed by atoms with Gasteiger partial charge in [-0.1, -0.05) is 30.3 Å². The molecule has 2 heterocycles. The molecule has 114 valence electrons. The van der Waals surface area contributed by atoms with E-state index in [1.807, 2.05) is 35.2 Å². The highest BCUT2D eigenvalue weighted by Gasteiger charge is 2.24. The van der Waals surface area contributed by atoms with E-state index in [1.54, 1.807) is 13.2 Å². The van der Waals surface area contributed by atoms with E-state index >= 15 is 0 Å². The highest BCUT2D eigenvalue weighted by molar-refractivity contribution is 6.01. The SMILES string of the molecule is CC(=O)N1c2ccccc2CCc2ccc(-c3ccco3)cc21. The van der Waals surface area contributed by atoms with Gasteiger partial charge in [0.05, 0.1) is 17.6 Å². The second-order valence-electron chi connectivity index (χ2n) is 5.80. The lowest BCUT2D eigenvalue weighted by Crippen LogP contribution is -2.23. The summed E-state index contributed by atoms with van der Waals surface area (Å²) in [5, 5.41) is 0. The number of aryl methyl sites for hydroxylation is 2. The molecule has 0 saturated carbocycles. The van der Waals surface area contributed by atoms with Gasteiger partial charge in [-0.2, -0.15) is 0 Å². The number of hydrogen-bond acceptors (Lipinski definition) is 2. The van der Waals surface area contributed by atoms with Gasteiger partial charge in [-0.25, -0.2) is 0 Å². The maximum absolute atomic E-state index is 12.4. The first kappa shape index (κ1) is 13.8. The molecule has 0 saturated heterocycles. The fourth-order valence-corrected chi connectivity index (χ4v) is 3.26. The van der Waals surface area contributed by atoms with Crippen molar-refractivity contribution in [2.45, 2.75) is 19.8 Å². The van der Waals surface area contributed by atoms with E-state index in [1.165, 1.54) is 11.1 Å². The minimum atomic E-state index is 0.0252. The minimum Gasteiger partial charge on any atom is -0.464 e. The number of nitrogens with zero attached hydrogens (tertiary/aromatic N) is 1. The van der Waals surface area contributed by atoms with Crippen LogP contribution in [0.15, 0.2) is 65.3 Å². The zero-order chi connectivity index (χ0) is 15.8. The lowest BCUT2D eigenvalue weighted by atomic mass is 10.0. The van der Waals surface area contributed by atoms with Gasteiger partial charge in [0.2, 0.25) is 5.91 Å². The molecule has 0 aliphatic carbocycles. The van der Waals surface area contributed by atoms with Crippen molar-refractivity contribution in [3.8, 4) is 11.3 Å². The largest absolute Gasteiger partial charge is 0.464 e. The third-order valence-electron chi connectivity index (χ3n) is 4.34. The van der Waals surface area contributed by atoms with Gasteiger partial charge in [-0.15, -0.1) is 0 Å². The zero-order valence-electron chi connectivity index (χ0n) is 13.0. The van der Waals surface area contributed by atoms with E-state index in [0.29, 0.717) is 0 Å². The third kappa shape index (κ3) is 2.34. The van der Waals surface area contributed by atoms with E-state index in [4.69, 9.17) is 4.42 Å². The molecule has 1 aliphatic heterocycles. The summed E-state index contributed by atoms with van der Waals surface area (Å²) in [7, 11) is 0. The number of anilines is 2. The van der Waals surface area contributed by atoms with Gasteiger partial charge in [0.1, 0.15) is 5.76 Å². The molecule has 3 aromatic rings. The lowest BCUT2D eigenvalue weighted by molar-refractivity contribution is -0.115. The van der Waals surface area contributed by atoms with Crippen LogP contribution in [0.3, 0.4) is 0 Å². The van der Waals surface area contributed by atoms with Crippen molar-refractivity contribution in [3.05, 3.63) is 72.0 Å². The summed E-state index contributed by atoms with van der Waals surface area (Å²) < 4.78 is 5.50. The molecular weight excluding hydrogens is 286 g/mol. The highest BCUT2D eigenvalue weighted by atomic mass is 16.3. The van der Waals surface area contributed by atoms with Crippen LogP contribution in [0.25, 0.3) is 11.3 Å². The van der Waals surface area contributed by atoms with Crippen LogP contribution in [0.4, 0.5) is 11.4 Å². The van der Waals surface area contributed by atoms with E-state index in [0.717, 1.165) is 35.5 Å². The standard InChI is InChI=1S/C20H17NO2/c1-14(22)21-18-6-3-2-5-15(18)8-9-16-10-11-17(13-19(16)21)20-7-4-12-23-20/h2-7,10-13H,8-9H2,1H3. The molecule has 23 heavy (non-hydrogen) atoms.